The third kappa shape index (κ3) is 3.62. The van der Waals surface area contributed by atoms with Crippen molar-refractivity contribution in [1.29, 1.82) is 0 Å². The van der Waals surface area contributed by atoms with Gasteiger partial charge in [-0.1, -0.05) is 37.1 Å². The van der Waals surface area contributed by atoms with Crippen LogP contribution in [0.25, 0.3) is 0 Å². The smallest absolute Gasteiger partial charge is 0.251 e. The average molecular weight is 360 g/mol. The standard InChI is InChI=1S/C20H28N2O4/c1-14-7-3-4-8-15(14)17-18(26-11-16(24)22(17)2)19(25)21-12-20(13-23)9-5-6-10-20/h3-4,7-8,17-18,23H,5-6,9-13H2,1-2H3,(H,21,25)/t17-,18+/m1/s1. The number of morpholine rings is 1. The number of carbonyl (C=O) groups excluding carboxylic acids is 2. The van der Waals surface area contributed by atoms with Crippen molar-refractivity contribution in [2.45, 2.75) is 44.8 Å². The van der Waals surface area contributed by atoms with E-state index in [0.29, 0.717) is 6.54 Å². The van der Waals surface area contributed by atoms with Crippen LogP contribution in [-0.2, 0) is 14.3 Å². The van der Waals surface area contributed by atoms with Crippen molar-refractivity contribution >= 4 is 11.8 Å². The van der Waals surface area contributed by atoms with Gasteiger partial charge in [0.1, 0.15) is 6.61 Å². The topological polar surface area (TPSA) is 78.9 Å². The molecule has 2 amide bonds. The van der Waals surface area contributed by atoms with Gasteiger partial charge in [-0.15, -0.1) is 0 Å². The van der Waals surface area contributed by atoms with Gasteiger partial charge in [0.25, 0.3) is 5.91 Å². The van der Waals surface area contributed by atoms with E-state index in [1.54, 1.807) is 11.9 Å². The van der Waals surface area contributed by atoms with Crippen molar-refractivity contribution < 1.29 is 19.4 Å². The highest BCUT2D eigenvalue weighted by Gasteiger charge is 2.41. The van der Waals surface area contributed by atoms with E-state index in [0.717, 1.165) is 36.8 Å². The average Bonchev–Trinajstić information content (AvgIpc) is 3.12. The van der Waals surface area contributed by atoms with E-state index in [4.69, 9.17) is 4.74 Å². The molecular formula is C20H28N2O4. The molecule has 2 aliphatic rings. The molecule has 1 aliphatic carbocycles. The fraction of sp³-hybridized carbons (Fsp3) is 0.600. The number of rotatable bonds is 5. The van der Waals surface area contributed by atoms with Gasteiger partial charge in [0.15, 0.2) is 6.10 Å². The first-order valence-electron chi connectivity index (χ1n) is 9.29. The monoisotopic (exact) mass is 360 g/mol. The summed E-state index contributed by atoms with van der Waals surface area (Å²) >= 11 is 0. The van der Waals surface area contributed by atoms with Crippen molar-refractivity contribution in [2.24, 2.45) is 5.41 Å². The Bertz CT molecular complexity index is 670. The van der Waals surface area contributed by atoms with Crippen LogP contribution in [0.5, 0.6) is 0 Å². The Kier molecular flexibility index (Phi) is 5.63. The number of aliphatic hydroxyl groups excluding tert-OH is 1. The van der Waals surface area contributed by atoms with E-state index in [9.17, 15) is 14.7 Å². The molecule has 0 unspecified atom stereocenters. The molecule has 3 rings (SSSR count). The molecule has 6 heteroatoms. The van der Waals surface area contributed by atoms with E-state index >= 15 is 0 Å². The summed E-state index contributed by atoms with van der Waals surface area (Å²) in [6.07, 6.45) is 3.26. The Balaban J connectivity index is 1.78. The number of carbonyl (C=O) groups is 2. The second-order valence-corrected chi connectivity index (χ2v) is 7.62. The van der Waals surface area contributed by atoms with Gasteiger partial charge in [0.05, 0.1) is 12.6 Å². The Morgan fingerprint density at radius 2 is 2.04 bits per heavy atom. The third-order valence-electron chi connectivity index (χ3n) is 5.89. The SMILES string of the molecule is Cc1ccccc1[C@@H]1[C@@H](C(=O)NCC2(CO)CCCC2)OCC(=O)N1C. The molecule has 26 heavy (non-hydrogen) atoms. The highest BCUT2D eigenvalue weighted by Crippen LogP contribution is 2.37. The molecule has 0 spiro atoms. The first-order chi connectivity index (χ1) is 12.5. The second kappa shape index (κ2) is 7.76. The number of aryl methyl sites for hydroxylation is 1. The summed E-state index contributed by atoms with van der Waals surface area (Å²) in [6, 6.07) is 7.29. The Morgan fingerprint density at radius 1 is 1.35 bits per heavy atom. The number of nitrogens with zero attached hydrogens (tertiary/aromatic N) is 1. The number of likely N-dealkylation sites (N-methyl/N-ethyl adjacent to an activating group) is 1. The highest BCUT2D eigenvalue weighted by molar-refractivity contribution is 5.86. The van der Waals surface area contributed by atoms with E-state index < -0.39 is 12.1 Å². The minimum absolute atomic E-state index is 0.0818. The minimum Gasteiger partial charge on any atom is -0.396 e. The zero-order valence-corrected chi connectivity index (χ0v) is 15.5. The molecule has 0 bridgehead atoms. The molecule has 1 aromatic rings. The van der Waals surface area contributed by atoms with Crippen LogP contribution in [0.2, 0.25) is 0 Å². The Labute approximate surface area is 154 Å². The molecule has 1 saturated carbocycles. The van der Waals surface area contributed by atoms with Crippen LogP contribution < -0.4 is 5.32 Å². The molecule has 6 nitrogen and oxygen atoms in total. The van der Waals surface area contributed by atoms with E-state index in [2.05, 4.69) is 5.32 Å². The third-order valence-corrected chi connectivity index (χ3v) is 5.89. The maximum atomic E-state index is 12.9. The maximum absolute atomic E-state index is 12.9. The fourth-order valence-corrected chi connectivity index (χ4v) is 4.11. The van der Waals surface area contributed by atoms with Crippen molar-refractivity contribution in [3.05, 3.63) is 35.4 Å². The molecule has 1 aromatic carbocycles. The minimum atomic E-state index is -0.754. The van der Waals surface area contributed by atoms with Gasteiger partial charge < -0.3 is 20.1 Å². The molecule has 0 radical (unpaired) electrons. The number of nitrogens with one attached hydrogen (secondary N) is 1. The molecule has 1 aliphatic heterocycles. The molecule has 2 fully saturated rings. The second-order valence-electron chi connectivity index (χ2n) is 7.62. The Morgan fingerprint density at radius 3 is 2.69 bits per heavy atom. The quantitative estimate of drug-likeness (QED) is 0.835. The lowest BCUT2D eigenvalue weighted by atomic mass is 9.87. The summed E-state index contributed by atoms with van der Waals surface area (Å²) in [6.45, 7) is 2.40. The molecule has 2 atom stereocenters. The summed E-state index contributed by atoms with van der Waals surface area (Å²) in [5, 5.41) is 12.7. The van der Waals surface area contributed by atoms with E-state index in [1.807, 2.05) is 31.2 Å². The first-order valence-corrected chi connectivity index (χ1v) is 9.29. The lowest BCUT2D eigenvalue weighted by molar-refractivity contribution is -0.162. The Hall–Kier alpha value is -1.92. The number of hydrogen-bond acceptors (Lipinski definition) is 4. The molecular weight excluding hydrogens is 332 g/mol. The number of benzene rings is 1. The lowest BCUT2D eigenvalue weighted by Crippen LogP contribution is -2.54. The maximum Gasteiger partial charge on any atom is 0.251 e. The summed E-state index contributed by atoms with van der Waals surface area (Å²) in [5.41, 5.74) is 1.72. The molecule has 2 N–H and O–H groups in total. The van der Waals surface area contributed by atoms with Crippen molar-refractivity contribution in [1.82, 2.24) is 10.2 Å². The van der Waals surface area contributed by atoms with Crippen LogP contribution >= 0.6 is 0 Å². The van der Waals surface area contributed by atoms with Crippen LogP contribution in [-0.4, -0.2) is 54.7 Å². The number of ether oxygens (including phenoxy) is 1. The van der Waals surface area contributed by atoms with Gasteiger partial charge in [-0.2, -0.15) is 0 Å². The van der Waals surface area contributed by atoms with Crippen molar-refractivity contribution in [3.8, 4) is 0 Å². The lowest BCUT2D eigenvalue weighted by Gasteiger charge is -2.39. The molecule has 142 valence electrons. The predicted molar refractivity (Wildman–Crippen MR) is 97.4 cm³/mol. The van der Waals surface area contributed by atoms with E-state index in [-0.39, 0.29) is 30.4 Å². The zero-order valence-electron chi connectivity index (χ0n) is 15.5. The van der Waals surface area contributed by atoms with Gasteiger partial charge >= 0.3 is 0 Å². The van der Waals surface area contributed by atoms with Crippen LogP contribution in [0.3, 0.4) is 0 Å². The summed E-state index contributed by atoms with van der Waals surface area (Å²) in [7, 11) is 1.72. The number of amides is 2. The van der Waals surface area contributed by atoms with Gasteiger partial charge in [-0.3, -0.25) is 9.59 Å². The largest absolute Gasteiger partial charge is 0.396 e. The number of hydrogen-bond donors (Lipinski definition) is 2. The first kappa shape index (κ1) is 18.9. The van der Waals surface area contributed by atoms with Gasteiger partial charge in [0, 0.05) is 19.0 Å². The van der Waals surface area contributed by atoms with Crippen LogP contribution in [0, 0.1) is 12.3 Å². The fourth-order valence-electron chi connectivity index (χ4n) is 4.11. The summed E-state index contributed by atoms with van der Waals surface area (Å²) < 4.78 is 5.66. The van der Waals surface area contributed by atoms with Crippen LogP contribution in [0.15, 0.2) is 24.3 Å². The van der Waals surface area contributed by atoms with Gasteiger partial charge in [-0.05, 0) is 30.9 Å². The highest BCUT2D eigenvalue weighted by atomic mass is 16.5. The predicted octanol–water partition coefficient (Wildman–Crippen LogP) is 1.56. The van der Waals surface area contributed by atoms with Crippen molar-refractivity contribution in [3.63, 3.8) is 0 Å². The summed E-state index contributed by atoms with van der Waals surface area (Å²) in [4.78, 5) is 26.7. The van der Waals surface area contributed by atoms with Gasteiger partial charge in [0.2, 0.25) is 5.91 Å². The number of aliphatic hydroxyl groups is 1. The summed E-state index contributed by atoms with van der Waals surface area (Å²) in [5.74, 6) is -0.359. The van der Waals surface area contributed by atoms with Crippen molar-refractivity contribution in [2.75, 3.05) is 26.8 Å². The normalized spacial score (nSPS) is 25.3. The van der Waals surface area contributed by atoms with E-state index in [1.165, 1.54) is 0 Å². The van der Waals surface area contributed by atoms with Crippen LogP contribution in [0.1, 0.15) is 42.9 Å². The zero-order chi connectivity index (χ0) is 18.7. The molecule has 0 aromatic heterocycles. The molecule has 1 heterocycles. The van der Waals surface area contributed by atoms with Gasteiger partial charge in [-0.25, -0.2) is 0 Å². The van der Waals surface area contributed by atoms with Crippen LogP contribution in [0.4, 0.5) is 0 Å². The molecule has 1 saturated heterocycles.